The van der Waals surface area contributed by atoms with Crippen molar-refractivity contribution in [1.82, 2.24) is 0 Å². The van der Waals surface area contributed by atoms with Crippen molar-refractivity contribution in [2.75, 3.05) is 18.5 Å². The highest BCUT2D eigenvalue weighted by molar-refractivity contribution is 7.54. The van der Waals surface area contributed by atoms with Crippen LogP contribution in [0.3, 0.4) is 0 Å². The molecule has 0 radical (unpaired) electrons. The van der Waals surface area contributed by atoms with Gasteiger partial charge in [-0.2, -0.15) is 0 Å². The van der Waals surface area contributed by atoms with Gasteiger partial charge in [-0.25, -0.2) is 0 Å². The van der Waals surface area contributed by atoms with E-state index < -0.39 is 13.4 Å². The Morgan fingerprint density at radius 3 is 1.96 bits per heavy atom. The quantitative estimate of drug-likeness (QED) is 0.624. The number of anilines is 1. The van der Waals surface area contributed by atoms with Crippen LogP contribution >= 0.6 is 7.60 Å². The Balaban J connectivity index is 2.49. The number of aryl methyl sites for hydroxylation is 2. The van der Waals surface area contributed by atoms with Crippen molar-refractivity contribution < 1.29 is 13.6 Å². The smallest absolute Gasteiger partial charge is 0.357 e. The second-order valence-corrected chi connectivity index (χ2v) is 7.71. The summed E-state index contributed by atoms with van der Waals surface area (Å²) in [6.45, 7) is 8.37. The van der Waals surface area contributed by atoms with Crippen molar-refractivity contribution in [3.63, 3.8) is 0 Å². The van der Waals surface area contributed by atoms with E-state index in [1.165, 1.54) is 0 Å². The van der Waals surface area contributed by atoms with Crippen molar-refractivity contribution >= 4 is 13.3 Å². The maximum Gasteiger partial charge on any atom is 0.357 e. The predicted molar refractivity (Wildman–Crippen MR) is 99.6 cm³/mol. The van der Waals surface area contributed by atoms with E-state index in [4.69, 9.17) is 9.05 Å². The molecule has 5 heteroatoms. The average Bonchev–Trinajstić information content (AvgIpc) is 2.55. The normalized spacial score (nSPS) is 12.8. The highest BCUT2D eigenvalue weighted by atomic mass is 31.2. The molecular weight excluding hydrogens is 321 g/mol. The molecule has 2 aromatic rings. The first kappa shape index (κ1) is 18.7. The van der Waals surface area contributed by atoms with E-state index in [9.17, 15) is 4.57 Å². The SMILES string of the molecule is CCOP(=O)(OCC)C(Nc1c(C)cccc1C)c1ccccc1. The van der Waals surface area contributed by atoms with E-state index in [0.717, 1.165) is 22.4 Å². The summed E-state index contributed by atoms with van der Waals surface area (Å²) >= 11 is 0. The lowest BCUT2D eigenvalue weighted by molar-refractivity contribution is 0.214. The zero-order valence-corrected chi connectivity index (χ0v) is 15.7. The summed E-state index contributed by atoms with van der Waals surface area (Å²) < 4.78 is 24.7. The van der Waals surface area contributed by atoms with Gasteiger partial charge in [-0.05, 0) is 44.4 Å². The number of hydrogen-bond donors (Lipinski definition) is 1. The molecule has 0 saturated heterocycles. The van der Waals surface area contributed by atoms with Crippen molar-refractivity contribution in [3.8, 4) is 0 Å². The Morgan fingerprint density at radius 1 is 0.917 bits per heavy atom. The third kappa shape index (κ3) is 4.27. The standard InChI is InChI=1S/C19H26NO3P/c1-5-22-24(21,23-6-2)19(17-13-8-7-9-14-17)20-18-15(3)11-10-12-16(18)4/h7-14,19-20H,5-6H2,1-4H3. The van der Waals surface area contributed by atoms with Crippen molar-refractivity contribution in [2.24, 2.45) is 0 Å². The fourth-order valence-corrected chi connectivity index (χ4v) is 4.62. The minimum Gasteiger partial charge on any atom is -0.367 e. The molecule has 4 nitrogen and oxygen atoms in total. The molecule has 0 aliphatic rings. The monoisotopic (exact) mass is 347 g/mol. The second-order valence-electron chi connectivity index (χ2n) is 5.60. The Hall–Kier alpha value is -1.61. The van der Waals surface area contributed by atoms with Crippen molar-refractivity contribution in [3.05, 3.63) is 65.2 Å². The zero-order valence-electron chi connectivity index (χ0n) is 14.8. The van der Waals surface area contributed by atoms with Gasteiger partial charge in [-0.1, -0.05) is 48.5 Å². The molecule has 1 atom stereocenters. The molecule has 0 fully saturated rings. The zero-order chi connectivity index (χ0) is 17.6. The largest absolute Gasteiger partial charge is 0.367 e. The highest BCUT2D eigenvalue weighted by Gasteiger charge is 2.37. The Bertz CT molecular complexity index is 673. The van der Waals surface area contributed by atoms with Crippen LogP contribution in [-0.2, 0) is 13.6 Å². The maximum absolute atomic E-state index is 13.4. The summed E-state index contributed by atoms with van der Waals surface area (Å²) in [5, 5.41) is 3.43. The fraction of sp³-hybridized carbons (Fsp3) is 0.368. The van der Waals surface area contributed by atoms with Gasteiger partial charge in [-0.3, -0.25) is 4.57 Å². The lowest BCUT2D eigenvalue weighted by atomic mass is 10.1. The molecule has 0 aromatic heterocycles. The van der Waals surface area contributed by atoms with E-state index in [2.05, 4.69) is 5.32 Å². The van der Waals surface area contributed by atoms with Gasteiger partial charge in [-0.15, -0.1) is 0 Å². The number of hydrogen-bond acceptors (Lipinski definition) is 4. The summed E-state index contributed by atoms with van der Waals surface area (Å²) in [6.07, 6.45) is 0. The molecule has 1 unspecified atom stereocenters. The van der Waals surface area contributed by atoms with Gasteiger partial charge in [0.2, 0.25) is 0 Å². The molecule has 24 heavy (non-hydrogen) atoms. The van der Waals surface area contributed by atoms with Crippen LogP contribution in [0.1, 0.15) is 36.3 Å². The van der Waals surface area contributed by atoms with Crippen LogP contribution in [-0.4, -0.2) is 13.2 Å². The van der Waals surface area contributed by atoms with Crippen LogP contribution in [0.5, 0.6) is 0 Å². The molecule has 0 saturated carbocycles. The summed E-state index contributed by atoms with van der Waals surface area (Å²) in [5.41, 5.74) is 4.03. The minimum atomic E-state index is -3.37. The number of nitrogens with one attached hydrogen (secondary N) is 1. The first-order chi connectivity index (χ1) is 11.5. The minimum absolute atomic E-state index is 0.328. The van der Waals surface area contributed by atoms with Crippen LogP contribution in [0.2, 0.25) is 0 Å². The van der Waals surface area contributed by atoms with E-state index in [1.807, 2.05) is 76.2 Å². The van der Waals surface area contributed by atoms with Gasteiger partial charge < -0.3 is 14.4 Å². The van der Waals surface area contributed by atoms with E-state index >= 15 is 0 Å². The lowest BCUT2D eigenvalue weighted by Gasteiger charge is -2.29. The van der Waals surface area contributed by atoms with Crippen LogP contribution < -0.4 is 5.32 Å². The topological polar surface area (TPSA) is 47.6 Å². The first-order valence-corrected chi connectivity index (χ1v) is 9.89. The summed E-state index contributed by atoms with van der Waals surface area (Å²) in [6, 6.07) is 15.7. The Kier molecular flexibility index (Phi) is 6.61. The average molecular weight is 347 g/mol. The maximum atomic E-state index is 13.4. The number of rotatable bonds is 8. The van der Waals surface area contributed by atoms with E-state index in [0.29, 0.717) is 13.2 Å². The first-order valence-electron chi connectivity index (χ1n) is 8.28. The van der Waals surface area contributed by atoms with E-state index in [1.54, 1.807) is 0 Å². The fourth-order valence-electron chi connectivity index (χ4n) is 2.71. The molecule has 0 spiro atoms. The lowest BCUT2D eigenvalue weighted by Crippen LogP contribution is -2.16. The Labute approximate surface area is 144 Å². The Morgan fingerprint density at radius 2 is 1.46 bits per heavy atom. The predicted octanol–water partition coefficient (Wildman–Crippen LogP) is 5.68. The van der Waals surface area contributed by atoms with Crippen LogP contribution in [0.25, 0.3) is 0 Å². The molecule has 0 aliphatic carbocycles. The van der Waals surface area contributed by atoms with Gasteiger partial charge in [0.05, 0.1) is 13.2 Å². The van der Waals surface area contributed by atoms with Gasteiger partial charge in [0.1, 0.15) is 0 Å². The molecular formula is C19H26NO3P. The molecule has 2 aromatic carbocycles. The van der Waals surface area contributed by atoms with Gasteiger partial charge >= 0.3 is 7.60 Å². The molecule has 2 rings (SSSR count). The van der Waals surface area contributed by atoms with Gasteiger partial charge in [0, 0.05) is 5.69 Å². The van der Waals surface area contributed by atoms with Crippen LogP contribution in [0.4, 0.5) is 5.69 Å². The highest BCUT2D eigenvalue weighted by Crippen LogP contribution is 2.61. The second kappa shape index (κ2) is 8.48. The van der Waals surface area contributed by atoms with Gasteiger partial charge in [0.15, 0.2) is 5.78 Å². The number of benzene rings is 2. The molecule has 130 valence electrons. The van der Waals surface area contributed by atoms with E-state index in [-0.39, 0.29) is 0 Å². The van der Waals surface area contributed by atoms with Gasteiger partial charge in [0.25, 0.3) is 0 Å². The number of para-hydroxylation sites is 1. The summed E-state index contributed by atoms with van der Waals surface area (Å²) in [5.74, 6) is -0.557. The third-order valence-corrected chi connectivity index (χ3v) is 6.11. The molecule has 0 heterocycles. The third-order valence-electron chi connectivity index (χ3n) is 3.81. The summed E-state index contributed by atoms with van der Waals surface area (Å²) in [4.78, 5) is 0. The van der Waals surface area contributed by atoms with Crippen LogP contribution in [0.15, 0.2) is 48.5 Å². The molecule has 0 amide bonds. The van der Waals surface area contributed by atoms with Crippen molar-refractivity contribution in [1.29, 1.82) is 0 Å². The summed E-state index contributed by atoms with van der Waals surface area (Å²) in [7, 11) is -3.37. The molecule has 1 N–H and O–H groups in total. The van der Waals surface area contributed by atoms with Crippen LogP contribution in [0, 0.1) is 13.8 Å². The molecule has 0 bridgehead atoms. The molecule has 0 aliphatic heterocycles. The van der Waals surface area contributed by atoms with Crippen molar-refractivity contribution in [2.45, 2.75) is 33.5 Å².